The highest BCUT2D eigenvalue weighted by atomic mass is 16.6. The molecule has 3 aromatic rings. The summed E-state index contributed by atoms with van der Waals surface area (Å²) in [4.78, 5) is 28.6. The molecule has 0 aliphatic carbocycles. The first-order valence-corrected chi connectivity index (χ1v) is 8.32. The SMILES string of the molecule is COc1ccc2cc(CN(C)C(=O)c3cc([N+](=O)[O-])cnc3C)ccc2c1. The van der Waals surface area contributed by atoms with Crippen molar-refractivity contribution >= 4 is 22.4 Å². The van der Waals surface area contributed by atoms with E-state index in [9.17, 15) is 14.9 Å². The lowest BCUT2D eigenvalue weighted by Crippen LogP contribution is -2.27. The number of pyridine rings is 1. The first-order valence-electron chi connectivity index (χ1n) is 8.32. The van der Waals surface area contributed by atoms with E-state index in [1.807, 2.05) is 36.4 Å². The van der Waals surface area contributed by atoms with Crippen LogP contribution in [0.5, 0.6) is 5.75 Å². The van der Waals surface area contributed by atoms with Gasteiger partial charge < -0.3 is 9.64 Å². The average molecular weight is 365 g/mol. The Hall–Kier alpha value is -3.48. The largest absolute Gasteiger partial charge is 0.497 e. The molecule has 138 valence electrons. The van der Waals surface area contributed by atoms with Gasteiger partial charge in [0.05, 0.1) is 23.3 Å². The van der Waals surface area contributed by atoms with Crippen molar-refractivity contribution in [3.63, 3.8) is 0 Å². The summed E-state index contributed by atoms with van der Waals surface area (Å²) >= 11 is 0. The second-order valence-electron chi connectivity index (χ2n) is 6.29. The molecule has 2 aromatic carbocycles. The number of hydrogen-bond donors (Lipinski definition) is 0. The van der Waals surface area contributed by atoms with E-state index >= 15 is 0 Å². The summed E-state index contributed by atoms with van der Waals surface area (Å²) in [5.41, 5.74) is 1.46. The van der Waals surface area contributed by atoms with Gasteiger partial charge in [0.25, 0.3) is 11.6 Å². The third-order valence-corrected chi connectivity index (χ3v) is 4.39. The number of fused-ring (bicyclic) bond motifs is 1. The number of hydrogen-bond acceptors (Lipinski definition) is 5. The number of nitrogens with zero attached hydrogens (tertiary/aromatic N) is 3. The zero-order chi connectivity index (χ0) is 19.6. The van der Waals surface area contributed by atoms with Gasteiger partial charge in [0.1, 0.15) is 11.9 Å². The zero-order valence-electron chi connectivity index (χ0n) is 15.3. The average Bonchev–Trinajstić information content (AvgIpc) is 2.67. The van der Waals surface area contributed by atoms with Gasteiger partial charge in [-0.2, -0.15) is 0 Å². The first kappa shape index (κ1) is 18.3. The molecule has 0 aliphatic rings. The van der Waals surface area contributed by atoms with Crippen molar-refractivity contribution in [1.82, 2.24) is 9.88 Å². The minimum Gasteiger partial charge on any atom is -0.497 e. The lowest BCUT2D eigenvalue weighted by molar-refractivity contribution is -0.385. The molecule has 0 aliphatic heterocycles. The molecule has 1 heterocycles. The normalized spacial score (nSPS) is 10.6. The molecule has 0 atom stereocenters. The van der Waals surface area contributed by atoms with Gasteiger partial charge in [-0.25, -0.2) is 0 Å². The van der Waals surface area contributed by atoms with Crippen LogP contribution < -0.4 is 4.74 Å². The Bertz CT molecular complexity index is 1030. The number of ether oxygens (including phenoxy) is 1. The van der Waals surface area contributed by atoms with Crippen LogP contribution in [0.4, 0.5) is 5.69 Å². The standard InChI is InChI=1S/C20H19N3O4/c1-13-19(10-17(11-21-13)23(25)26)20(24)22(2)12-14-4-5-16-9-18(27-3)7-6-15(16)8-14/h4-11H,12H2,1-3H3. The number of methoxy groups -OCH3 is 1. The maximum Gasteiger partial charge on any atom is 0.288 e. The van der Waals surface area contributed by atoms with Gasteiger partial charge in [-0.15, -0.1) is 0 Å². The summed E-state index contributed by atoms with van der Waals surface area (Å²) < 4.78 is 5.23. The van der Waals surface area contributed by atoms with Crippen LogP contribution in [-0.2, 0) is 6.54 Å². The second kappa shape index (κ2) is 7.41. The fourth-order valence-electron chi connectivity index (χ4n) is 2.89. The van der Waals surface area contributed by atoms with E-state index in [2.05, 4.69) is 4.98 Å². The smallest absolute Gasteiger partial charge is 0.288 e. The van der Waals surface area contributed by atoms with Gasteiger partial charge in [-0.3, -0.25) is 19.9 Å². The zero-order valence-corrected chi connectivity index (χ0v) is 15.3. The van der Waals surface area contributed by atoms with Crippen molar-refractivity contribution in [2.24, 2.45) is 0 Å². The molecule has 1 amide bonds. The third-order valence-electron chi connectivity index (χ3n) is 4.39. The number of amides is 1. The van der Waals surface area contributed by atoms with Gasteiger partial charge in [0, 0.05) is 19.7 Å². The van der Waals surface area contributed by atoms with E-state index in [1.54, 1.807) is 21.1 Å². The van der Waals surface area contributed by atoms with Gasteiger partial charge >= 0.3 is 0 Å². The monoisotopic (exact) mass is 365 g/mol. The number of aryl methyl sites for hydroxylation is 1. The Morgan fingerprint density at radius 1 is 1.19 bits per heavy atom. The summed E-state index contributed by atoms with van der Waals surface area (Å²) in [5.74, 6) is 0.481. The summed E-state index contributed by atoms with van der Waals surface area (Å²) in [5, 5.41) is 13.0. The Labute approximate surface area is 156 Å². The van der Waals surface area contributed by atoms with Crippen LogP contribution in [0.3, 0.4) is 0 Å². The predicted molar refractivity (Wildman–Crippen MR) is 102 cm³/mol. The highest BCUT2D eigenvalue weighted by molar-refractivity contribution is 5.95. The fraction of sp³-hybridized carbons (Fsp3) is 0.200. The molecule has 7 heteroatoms. The van der Waals surface area contributed by atoms with Gasteiger partial charge in [0.2, 0.25) is 0 Å². The van der Waals surface area contributed by atoms with E-state index in [-0.39, 0.29) is 17.2 Å². The highest BCUT2D eigenvalue weighted by Crippen LogP contribution is 2.23. The predicted octanol–water partition coefficient (Wildman–Crippen LogP) is 3.73. The van der Waals surface area contributed by atoms with Crippen LogP contribution in [0.25, 0.3) is 10.8 Å². The highest BCUT2D eigenvalue weighted by Gasteiger charge is 2.19. The van der Waals surface area contributed by atoms with Crippen LogP contribution in [-0.4, -0.2) is 34.9 Å². The molecule has 0 bridgehead atoms. The van der Waals surface area contributed by atoms with Crippen molar-refractivity contribution in [1.29, 1.82) is 0 Å². The van der Waals surface area contributed by atoms with Crippen molar-refractivity contribution in [3.8, 4) is 5.75 Å². The number of aromatic nitrogens is 1. The van der Waals surface area contributed by atoms with Gasteiger partial charge in [-0.05, 0) is 41.5 Å². The first-order chi connectivity index (χ1) is 12.9. The van der Waals surface area contributed by atoms with Gasteiger partial charge in [0.15, 0.2) is 0 Å². The Kier molecular flexibility index (Phi) is 5.03. The van der Waals surface area contributed by atoms with Crippen molar-refractivity contribution < 1.29 is 14.5 Å². The molecule has 0 N–H and O–H groups in total. The Morgan fingerprint density at radius 2 is 1.89 bits per heavy atom. The topological polar surface area (TPSA) is 85.6 Å². The molecule has 0 saturated carbocycles. The van der Waals surface area contributed by atoms with Gasteiger partial charge in [-0.1, -0.05) is 18.2 Å². The van der Waals surface area contributed by atoms with E-state index in [4.69, 9.17) is 4.74 Å². The molecule has 0 spiro atoms. The van der Waals surface area contributed by atoms with Crippen LogP contribution >= 0.6 is 0 Å². The molecular formula is C20H19N3O4. The summed E-state index contributed by atoms with van der Waals surface area (Å²) in [7, 11) is 3.29. The van der Waals surface area contributed by atoms with Crippen LogP contribution in [0.15, 0.2) is 48.7 Å². The number of benzene rings is 2. The van der Waals surface area contributed by atoms with Crippen molar-refractivity contribution in [2.75, 3.05) is 14.2 Å². The third kappa shape index (κ3) is 3.87. The second-order valence-corrected chi connectivity index (χ2v) is 6.29. The number of carbonyl (C=O) groups excluding carboxylic acids is 1. The van der Waals surface area contributed by atoms with E-state index in [0.29, 0.717) is 12.2 Å². The maximum atomic E-state index is 12.7. The van der Waals surface area contributed by atoms with Crippen LogP contribution in [0.2, 0.25) is 0 Å². The number of rotatable bonds is 5. The molecular weight excluding hydrogens is 346 g/mol. The number of carbonyl (C=O) groups is 1. The van der Waals surface area contributed by atoms with Crippen LogP contribution in [0, 0.1) is 17.0 Å². The molecule has 3 rings (SSSR count). The summed E-state index contributed by atoms with van der Waals surface area (Å²) in [6.45, 7) is 2.04. The fourth-order valence-corrected chi connectivity index (χ4v) is 2.89. The van der Waals surface area contributed by atoms with Crippen molar-refractivity contribution in [2.45, 2.75) is 13.5 Å². The van der Waals surface area contributed by atoms with E-state index < -0.39 is 4.92 Å². The minimum absolute atomic E-state index is 0.197. The van der Waals surface area contributed by atoms with E-state index in [0.717, 1.165) is 28.3 Å². The summed E-state index contributed by atoms with van der Waals surface area (Å²) in [6, 6.07) is 13.0. The minimum atomic E-state index is -0.555. The number of nitro groups is 1. The van der Waals surface area contributed by atoms with Crippen LogP contribution in [0.1, 0.15) is 21.6 Å². The lowest BCUT2D eigenvalue weighted by atomic mass is 10.1. The molecule has 0 unspecified atom stereocenters. The molecule has 1 aromatic heterocycles. The Morgan fingerprint density at radius 3 is 2.59 bits per heavy atom. The Balaban J connectivity index is 1.83. The quantitative estimate of drug-likeness (QED) is 0.508. The molecule has 0 radical (unpaired) electrons. The molecule has 0 fully saturated rings. The van der Waals surface area contributed by atoms with Crippen molar-refractivity contribution in [3.05, 3.63) is 75.6 Å². The molecule has 0 saturated heterocycles. The summed E-state index contributed by atoms with van der Waals surface area (Å²) in [6.07, 6.45) is 1.16. The molecule has 7 nitrogen and oxygen atoms in total. The van der Waals surface area contributed by atoms with E-state index in [1.165, 1.54) is 11.0 Å². The maximum absolute atomic E-state index is 12.7. The lowest BCUT2D eigenvalue weighted by Gasteiger charge is -2.18. The molecule has 27 heavy (non-hydrogen) atoms.